The minimum absolute atomic E-state index is 0.149. The third-order valence-electron chi connectivity index (χ3n) is 4.93. The second kappa shape index (κ2) is 11.7. The molecule has 8 heteroatoms. The van der Waals surface area contributed by atoms with E-state index in [1.165, 1.54) is 13.8 Å². The van der Waals surface area contributed by atoms with E-state index in [9.17, 15) is 14.7 Å². The van der Waals surface area contributed by atoms with Crippen molar-refractivity contribution in [2.24, 2.45) is 0 Å². The van der Waals surface area contributed by atoms with Crippen molar-refractivity contribution < 1.29 is 38.4 Å². The SMILES string of the molecule is CC(=O)OC[C@H]1O[C@H](O)[C@@H](OC(C)=O)[C@@H](OCc2ccccc2)[C@@H]1OCc1ccccc1. The maximum Gasteiger partial charge on any atom is 0.303 e. The van der Waals surface area contributed by atoms with E-state index < -0.39 is 42.6 Å². The third kappa shape index (κ3) is 6.86. The Kier molecular flexibility index (Phi) is 8.75. The zero-order chi connectivity index (χ0) is 22.9. The van der Waals surface area contributed by atoms with Gasteiger partial charge in [0.05, 0.1) is 13.2 Å². The first kappa shape index (κ1) is 23.9. The van der Waals surface area contributed by atoms with Gasteiger partial charge in [-0.3, -0.25) is 9.59 Å². The molecule has 0 spiro atoms. The van der Waals surface area contributed by atoms with Crippen LogP contribution >= 0.6 is 0 Å². The van der Waals surface area contributed by atoms with Gasteiger partial charge >= 0.3 is 11.9 Å². The van der Waals surface area contributed by atoms with Gasteiger partial charge in [-0.05, 0) is 11.1 Å². The summed E-state index contributed by atoms with van der Waals surface area (Å²) in [4.78, 5) is 23.1. The molecule has 1 heterocycles. The van der Waals surface area contributed by atoms with Crippen molar-refractivity contribution in [3.63, 3.8) is 0 Å². The molecule has 0 aliphatic carbocycles. The van der Waals surface area contributed by atoms with E-state index in [1.807, 2.05) is 60.7 Å². The normalized spacial score (nSPS) is 25.2. The number of carbonyl (C=O) groups is 2. The summed E-state index contributed by atoms with van der Waals surface area (Å²) in [5.41, 5.74) is 1.81. The highest BCUT2D eigenvalue weighted by molar-refractivity contribution is 5.66. The first-order chi connectivity index (χ1) is 15.4. The molecule has 1 fully saturated rings. The number of aliphatic hydroxyl groups excluding tert-OH is 1. The maximum atomic E-state index is 11.7. The van der Waals surface area contributed by atoms with Gasteiger partial charge in [-0.15, -0.1) is 0 Å². The summed E-state index contributed by atoms with van der Waals surface area (Å²) in [6.07, 6.45) is -5.08. The van der Waals surface area contributed by atoms with E-state index in [4.69, 9.17) is 23.7 Å². The molecule has 5 atom stereocenters. The van der Waals surface area contributed by atoms with E-state index in [-0.39, 0.29) is 19.8 Å². The lowest BCUT2D eigenvalue weighted by Crippen LogP contribution is -2.61. The molecule has 172 valence electrons. The monoisotopic (exact) mass is 444 g/mol. The second-order valence-corrected chi connectivity index (χ2v) is 7.46. The number of hydrogen-bond acceptors (Lipinski definition) is 8. The average molecular weight is 444 g/mol. The molecule has 32 heavy (non-hydrogen) atoms. The van der Waals surface area contributed by atoms with Crippen LogP contribution in [0.5, 0.6) is 0 Å². The number of benzene rings is 2. The number of carbonyl (C=O) groups excluding carboxylic acids is 2. The minimum Gasteiger partial charge on any atom is -0.463 e. The molecule has 2 aromatic carbocycles. The molecule has 0 amide bonds. The first-order valence-corrected chi connectivity index (χ1v) is 10.4. The largest absolute Gasteiger partial charge is 0.463 e. The van der Waals surface area contributed by atoms with Gasteiger partial charge in [0.1, 0.15) is 24.9 Å². The Balaban J connectivity index is 1.84. The number of esters is 2. The molecular formula is C24H28O8. The number of rotatable bonds is 9. The first-order valence-electron chi connectivity index (χ1n) is 10.4. The summed E-state index contributed by atoms with van der Waals surface area (Å²) in [6, 6.07) is 18.9. The lowest BCUT2D eigenvalue weighted by atomic mass is 9.98. The van der Waals surface area contributed by atoms with Crippen LogP contribution in [0.2, 0.25) is 0 Å². The predicted molar refractivity (Wildman–Crippen MR) is 113 cm³/mol. The van der Waals surface area contributed by atoms with Crippen LogP contribution in [0.15, 0.2) is 60.7 Å². The van der Waals surface area contributed by atoms with Crippen molar-refractivity contribution in [1.82, 2.24) is 0 Å². The molecule has 2 aromatic rings. The van der Waals surface area contributed by atoms with Crippen molar-refractivity contribution in [2.45, 2.75) is 57.8 Å². The van der Waals surface area contributed by atoms with Crippen LogP contribution < -0.4 is 0 Å². The molecule has 1 saturated heterocycles. The maximum absolute atomic E-state index is 11.7. The highest BCUT2D eigenvalue weighted by Gasteiger charge is 2.49. The van der Waals surface area contributed by atoms with Gasteiger partial charge in [0, 0.05) is 13.8 Å². The Morgan fingerprint density at radius 2 is 1.34 bits per heavy atom. The summed E-state index contributed by atoms with van der Waals surface area (Å²) >= 11 is 0. The van der Waals surface area contributed by atoms with Crippen LogP contribution in [0.25, 0.3) is 0 Å². The summed E-state index contributed by atoms with van der Waals surface area (Å²) < 4.78 is 28.3. The van der Waals surface area contributed by atoms with Gasteiger partial charge < -0.3 is 28.8 Å². The van der Waals surface area contributed by atoms with Crippen molar-refractivity contribution in [3.05, 3.63) is 71.8 Å². The molecule has 0 radical (unpaired) electrons. The second-order valence-electron chi connectivity index (χ2n) is 7.46. The average Bonchev–Trinajstić information content (AvgIpc) is 2.78. The highest BCUT2D eigenvalue weighted by Crippen LogP contribution is 2.29. The highest BCUT2D eigenvalue weighted by atomic mass is 16.7. The molecule has 0 unspecified atom stereocenters. The predicted octanol–water partition coefficient (Wildman–Crippen LogP) is 2.37. The van der Waals surface area contributed by atoms with Crippen molar-refractivity contribution in [3.8, 4) is 0 Å². The van der Waals surface area contributed by atoms with Crippen LogP contribution in [0.1, 0.15) is 25.0 Å². The Bertz CT molecular complexity index is 857. The lowest BCUT2D eigenvalue weighted by Gasteiger charge is -2.43. The fourth-order valence-corrected chi connectivity index (χ4v) is 3.47. The van der Waals surface area contributed by atoms with E-state index in [0.29, 0.717) is 0 Å². The molecule has 1 N–H and O–H groups in total. The van der Waals surface area contributed by atoms with Crippen molar-refractivity contribution in [2.75, 3.05) is 6.61 Å². The number of aliphatic hydroxyl groups is 1. The van der Waals surface area contributed by atoms with Crippen LogP contribution in [0.3, 0.4) is 0 Å². The van der Waals surface area contributed by atoms with E-state index in [2.05, 4.69) is 0 Å². The Hall–Kier alpha value is -2.78. The zero-order valence-electron chi connectivity index (χ0n) is 18.1. The van der Waals surface area contributed by atoms with Gasteiger partial charge in [0.25, 0.3) is 0 Å². The molecular weight excluding hydrogens is 416 g/mol. The van der Waals surface area contributed by atoms with Crippen LogP contribution in [-0.2, 0) is 46.5 Å². The van der Waals surface area contributed by atoms with Gasteiger partial charge in [-0.2, -0.15) is 0 Å². The molecule has 0 bridgehead atoms. The van der Waals surface area contributed by atoms with E-state index in [0.717, 1.165) is 11.1 Å². The molecule has 1 aliphatic rings. The molecule has 8 nitrogen and oxygen atoms in total. The molecule has 0 aromatic heterocycles. The number of ether oxygens (including phenoxy) is 5. The Morgan fingerprint density at radius 3 is 1.84 bits per heavy atom. The zero-order valence-corrected chi connectivity index (χ0v) is 18.1. The standard InChI is InChI=1S/C24H28O8/c1-16(25)28-15-20-21(29-13-18-9-5-3-6-10-18)22(23(24(27)32-20)31-17(2)26)30-14-19-11-7-4-8-12-19/h3-12,20-24,27H,13-15H2,1-2H3/t20-,21-,22+,23+,24+/m1/s1. The summed E-state index contributed by atoms with van der Waals surface area (Å²) in [6.45, 7) is 2.79. The van der Waals surface area contributed by atoms with E-state index >= 15 is 0 Å². The number of hydrogen-bond donors (Lipinski definition) is 1. The lowest BCUT2D eigenvalue weighted by molar-refractivity contribution is -0.308. The van der Waals surface area contributed by atoms with Crippen LogP contribution in [-0.4, -0.2) is 54.4 Å². The summed E-state index contributed by atoms with van der Waals surface area (Å²) in [7, 11) is 0. The van der Waals surface area contributed by atoms with E-state index in [1.54, 1.807) is 0 Å². The van der Waals surface area contributed by atoms with Gasteiger partial charge in [-0.25, -0.2) is 0 Å². The van der Waals surface area contributed by atoms with Gasteiger partial charge in [-0.1, -0.05) is 60.7 Å². The topological polar surface area (TPSA) is 101 Å². The minimum atomic E-state index is -1.48. The molecule has 0 saturated carbocycles. The van der Waals surface area contributed by atoms with Crippen molar-refractivity contribution >= 4 is 11.9 Å². The summed E-state index contributed by atoms with van der Waals surface area (Å²) in [5, 5.41) is 10.5. The summed E-state index contributed by atoms with van der Waals surface area (Å²) in [5.74, 6) is -1.08. The third-order valence-corrected chi connectivity index (χ3v) is 4.93. The van der Waals surface area contributed by atoms with Crippen LogP contribution in [0, 0.1) is 0 Å². The Morgan fingerprint density at radius 1 is 0.812 bits per heavy atom. The van der Waals surface area contributed by atoms with Crippen LogP contribution in [0.4, 0.5) is 0 Å². The van der Waals surface area contributed by atoms with Crippen molar-refractivity contribution in [1.29, 1.82) is 0 Å². The Labute approximate surface area is 187 Å². The molecule has 3 rings (SSSR count). The fraction of sp³-hybridized carbons (Fsp3) is 0.417. The van der Waals surface area contributed by atoms with Gasteiger partial charge in [0.2, 0.25) is 0 Å². The fourth-order valence-electron chi connectivity index (χ4n) is 3.47. The smallest absolute Gasteiger partial charge is 0.303 e. The van der Waals surface area contributed by atoms with Gasteiger partial charge in [0.15, 0.2) is 12.4 Å². The molecule has 1 aliphatic heterocycles. The quantitative estimate of drug-likeness (QED) is 0.589.